The number of nitrogens with zero attached hydrogens (tertiary/aromatic N) is 7. The fraction of sp³-hybridized carbons (Fsp3) is 0.439. The second-order valence-electron chi connectivity index (χ2n) is 15.7. The smallest absolute Gasteiger partial charge is 0.261 e. The Morgan fingerprint density at radius 2 is 1.88 bits per heavy atom. The first kappa shape index (κ1) is 38.6. The molecule has 1 saturated heterocycles. The lowest BCUT2D eigenvalue weighted by Gasteiger charge is -2.55. The maximum Gasteiger partial charge on any atom is 0.261 e. The highest BCUT2D eigenvalue weighted by Gasteiger charge is 2.48. The maximum atomic E-state index is 15.4. The Labute approximate surface area is 333 Å². The monoisotopic (exact) mass is 796 g/mol. The van der Waals surface area contributed by atoms with Gasteiger partial charge in [-0.3, -0.25) is 18.8 Å². The van der Waals surface area contributed by atoms with Crippen LogP contribution in [0.25, 0.3) is 21.8 Å². The Kier molecular flexibility index (Phi) is 10.6. The molecule has 8 rings (SSSR count). The van der Waals surface area contributed by atoms with Gasteiger partial charge < -0.3 is 25.4 Å². The number of aryl methyl sites for hydroxylation is 1. The summed E-state index contributed by atoms with van der Waals surface area (Å²) in [5.41, 5.74) is 7.79. The summed E-state index contributed by atoms with van der Waals surface area (Å²) in [5.74, 6) is -0.604. The summed E-state index contributed by atoms with van der Waals surface area (Å²) in [7, 11) is 3.73. The minimum absolute atomic E-state index is 0.0263. The van der Waals surface area contributed by atoms with Crippen LogP contribution < -0.4 is 26.1 Å². The van der Waals surface area contributed by atoms with Gasteiger partial charge in [-0.1, -0.05) is 6.92 Å². The van der Waals surface area contributed by atoms with Crippen molar-refractivity contribution in [2.75, 3.05) is 43.3 Å². The topological polar surface area (TPSA) is 159 Å². The van der Waals surface area contributed by atoms with Gasteiger partial charge in [0.15, 0.2) is 17.4 Å². The van der Waals surface area contributed by atoms with Gasteiger partial charge in [-0.05, 0) is 118 Å². The van der Waals surface area contributed by atoms with Crippen LogP contribution in [0.1, 0.15) is 75.0 Å². The van der Waals surface area contributed by atoms with Gasteiger partial charge in [0, 0.05) is 56.2 Å². The lowest BCUT2D eigenvalue weighted by Crippen LogP contribution is -2.53. The number of rotatable bonds is 13. The molecule has 298 valence electrons. The molecular formula is C41H46F2N10O3S. The summed E-state index contributed by atoms with van der Waals surface area (Å²) < 4.78 is 44.9. The molecular weight excluding hydrogens is 751 g/mol. The van der Waals surface area contributed by atoms with Crippen molar-refractivity contribution in [2.45, 2.75) is 69.9 Å². The number of amides is 1. The number of fused-ring (bicyclic) bond motifs is 2. The molecule has 0 bridgehead atoms. The molecule has 0 atom stereocenters. The quantitative estimate of drug-likeness (QED) is 0.108. The van der Waals surface area contributed by atoms with Gasteiger partial charge >= 0.3 is 0 Å². The van der Waals surface area contributed by atoms with E-state index < -0.39 is 11.7 Å². The molecule has 0 radical (unpaired) electrons. The van der Waals surface area contributed by atoms with E-state index in [0.29, 0.717) is 40.4 Å². The van der Waals surface area contributed by atoms with Crippen molar-refractivity contribution in [3.8, 4) is 17.6 Å². The molecule has 3 aromatic carbocycles. The SMILES string of the molecule is CCN(C)SNc1ccc(F)c(Oc2ccc3ncn(C4CC5(CCN(C6CC(c7cc8c(cc7F)c(NCCC(N)=O)nn8C)C6)CC5)C4)c(=O)c3c2)c1C#N. The molecule has 57 heavy (non-hydrogen) atoms. The van der Waals surface area contributed by atoms with Crippen molar-refractivity contribution < 1.29 is 18.3 Å². The predicted molar refractivity (Wildman–Crippen MR) is 217 cm³/mol. The second-order valence-corrected chi connectivity index (χ2v) is 16.7. The van der Waals surface area contributed by atoms with E-state index in [1.54, 1.807) is 39.8 Å². The fourth-order valence-corrected chi connectivity index (χ4v) is 9.24. The molecule has 2 aromatic heterocycles. The Hall–Kier alpha value is -5.24. The number of primary amides is 1. The number of carbonyl (C=O) groups excluding carboxylic acids is 1. The van der Waals surface area contributed by atoms with Gasteiger partial charge in [-0.25, -0.2) is 18.1 Å². The number of nitrogens with one attached hydrogen (secondary N) is 2. The first-order chi connectivity index (χ1) is 27.5. The lowest BCUT2D eigenvalue weighted by atomic mass is 9.60. The summed E-state index contributed by atoms with van der Waals surface area (Å²) in [4.78, 5) is 32.1. The van der Waals surface area contributed by atoms with Crippen LogP contribution in [0.2, 0.25) is 0 Å². The molecule has 0 unspecified atom stereocenters. The number of hydrogen-bond donors (Lipinski definition) is 3. The summed E-state index contributed by atoms with van der Waals surface area (Å²) >= 11 is 1.29. The number of nitriles is 1. The van der Waals surface area contributed by atoms with E-state index in [0.717, 1.165) is 69.2 Å². The number of aromatic nitrogens is 4. The zero-order chi connectivity index (χ0) is 40.0. The molecule has 16 heteroatoms. The first-order valence-electron chi connectivity index (χ1n) is 19.4. The number of ether oxygens (including phenoxy) is 1. The van der Waals surface area contributed by atoms with E-state index in [9.17, 15) is 14.9 Å². The third kappa shape index (κ3) is 7.51. The van der Waals surface area contributed by atoms with E-state index in [1.807, 2.05) is 31.4 Å². The van der Waals surface area contributed by atoms with Gasteiger partial charge in [0.25, 0.3) is 5.56 Å². The van der Waals surface area contributed by atoms with Crippen molar-refractivity contribution in [3.05, 3.63) is 81.9 Å². The summed E-state index contributed by atoms with van der Waals surface area (Å²) in [6.45, 7) is 5.04. The van der Waals surface area contributed by atoms with E-state index in [-0.39, 0.29) is 52.2 Å². The molecule has 1 amide bonds. The number of piperidine rings is 1. The molecule has 1 aliphatic heterocycles. The van der Waals surface area contributed by atoms with E-state index in [4.69, 9.17) is 10.5 Å². The lowest BCUT2D eigenvalue weighted by molar-refractivity contribution is -0.117. The number of benzene rings is 3. The van der Waals surface area contributed by atoms with Crippen molar-refractivity contribution in [1.29, 1.82) is 5.26 Å². The summed E-state index contributed by atoms with van der Waals surface area (Å²) in [6, 6.07) is 13.6. The Morgan fingerprint density at radius 3 is 2.60 bits per heavy atom. The van der Waals surface area contributed by atoms with Crippen LogP contribution in [-0.2, 0) is 11.8 Å². The van der Waals surface area contributed by atoms with Crippen molar-refractivity contribution in [2.24, 2.45) is 18.2 Å². The van der Waals surface area contributed by atoms with Crippen molar-refractivity contribution >= 4 is 51.4 Å². The van der Waals surface area contributed by atoms with Gasteiger partial charge in [-0.15, -0.1) is 0 Å². The molecule has 13 nitrogen and oxygen atoms in total. The van der Waals surface area contributed by atoms with E-state index in [2.05, 4.69) is 31.1 Å². The Morgan fingerprint density at radius 1 is 1.11 bits per heavy atom. The molecule has 5 aromatic rings. The minimum atomic E-state index is -0.683. The zero-order valence-electron chi connectivity index (χ0n) is 32.2. The normalized spacial score (nSPS) is 19.4. The van der Waals surface area contributed by atoms with Crippen LogP contribution in [0.3, 0.4) is 0 Å². The van der Waals surface area contributed by atoms with Gasteiger partial charge in [0.1, 0.15) is 23.2 Å². The first-order valence-corrected chi connectivity index (χ1v) is 20.2. The number of hydrogen-bond acceptors (Lipinski definition) is 11. The Balaban J connectivity index is 0.880. The van der Waals surface area contributed by atoms with Crippen molar-refractivity contribution in [1.82, 2.24) is 28.5 Å². The zero-order valence-corrected chi connectivity index (χ0v) is 33.0. The van der Waals surface area contributed by atoms with Gasteiger partial charge in [-0.2, -0.15) is 10.4 Å². The minimum Gasteiger partial charge on any atom is -0.453 e. The van der Waals surface area contributed by atoms with Crippen molar-refractivity contribution in [3.63, 3.8) is 0 Å². The predicted octanol–water partition coefficient (Wildman–Crippen LogP) is 6.80. The van der Waals surface area contributed by atoms with E-state index >= 15 is 8.78 Å². The van der Waals surface area contributed by atoms with Crippen LogP contribution in [0.15, 0.2) is 53.6 Å². The highest BCUT2D eigenvalue weighted by Crippen LogP contribution is 2.55. The average Bonchev–Trinajstić information content (AvgIpc) is 3.47. The van der Waals surface area contributed by atoms with Crippen LogP contribution in [0.5, 0.6) is 11.5 Å². The van der Waals surface area contributed by atoms with Crippen LogP contribution >= 0.6 is 12.1 Å². The van der Waals surface area contributed by atoms with Gasteiger partial charge in [0.05, 0.1) is 28.4 Å². The van der Waals surface area contributed by atoms with Crippen LogP contribution in [0.4, 0.5) is 20.3 Å². The largest absolute Gasteiger partial charge is 0.453 e. The third-order valence-electron chi connectivity index (χ3n) is 12.2. The van der Waals surface area contributed by atoms with Crippen LogP contribution in [0, 0.1) is 28.4 Å². The Bertz CT molecular complexity index is 2440. The maximum absolute atomic E-state index is 15.4. The molecule has 3 fully saturated rings. The molecule has 3 heterocycles. The molecule has 2 saturated carbocycles. The highest BCUT2D eigenvalue weighted by molar-refractivity contribution is 7.98. The number of nitrogens with two attached hydrogens (primary N) is 1. The second kappa shape index (κ2) is 15.6. The number of carbonyl (C=O) groups is 1. The number of likely N-dealkylation sites (tertiary alicyclic amines) is 1. The molecule has 1 spiro atoms. The van der Waals surface area contributed by atoms with Crippen LogP contribution in [-0.4, -0.2) is 73.7 Å². The average molecular weight is 797 g/mol. The summed E-state index contributed by atoms with van der Waals surface area (Å²) in [5, 5.41) is 18.6. The fourth-order valence-electron chi connectivity index (χ4n) is 8.69. The molecule has 2 aliphatic carbocycles. The molecule has 3 aliphatic rings. The third-order valence-corrected chi connectivity index (χ3v) is 13.1. The standard InChI is InChI=1S/C41H46F2N10O3S/c1-4-50(2)57-49-35-8-6-32(42)38(31(35)22-44)56-27-5-7-34-29(17-27)40(55)53(23-47-34)26-20-41(21-26)10-13-52(14-11-41)25-15-24(16-25)28-19-36-30(18-33(28)43)39(48-51(36)3)46-12-9-37(45)54/h5-8,17-19,23-26,49H,4,9-16,20-21H2,1-3H3,(H2,45,54)(H,46,48). The highest BCUT2D eigenvalue weighted by atomic mass is 32.2. The van der Waals surface area contributed by atoms with E-state index in [1.165, 1.54) is 24.3 Å². The van der Waals surface area contributed by atoms with Gasteiger partial charge in [0.2, 0.25) is 5.91 Å². The number of anilines is 2. The summed E-state index contributed by atoms with van der Waals surface area (Å²) in [6.07, 6.45) is 7.51. The molecule has 4 N–H and O–H groups in total. The number of halogens is 2.